The molecule has 3 rings (SSSR count). The van der Waals surface area contributed by atoms with Gasteiger partial charge in [-0.3, -0.25) is 4.98 Å². The molecule has 0 bridgehead atoms. The predicted octanol–water partition coefficient (Wildman–Crippen LogP) is 3.76. The summed E-state index contributed by atoms with van der Waals surface area (Å²) in [5.41, 5.74) is 3.12. The van der Waals surface area contributed by atoms with Crippen LogP contribution in [-0.2, 0) is 11.5 Å². The fourth-order valence-corrected chi connectivity index (χ4v) is 3.22. The third-order valence-corrected chi connectivity index (χ3v) is 4.27. The third kappa shape index (κ3) is 2.74. The molecular formula is C14H15ClN4S. The lowest BCUT2D eigenvalue weighted by molar-refractivity contribution is 0.953. The van der Waals surface area contributed by atoms with Crippen molar-refractivity contribution in [2.75, 3.05) is 11.9 Å². The number of hydrogen-bond donors (Lipinski definition) is 1. The van der Waals surface area contributed by atoms with E-state index in [9.17, 15) is 0 Å². The van der Waals surface area contributed by atoms with Gasteiger partial charge in [0.2, 0.25) is 0 Å². The first-order valence-electron chi connectivity index (χ1n) is 6.61. The second kappa shape index (κ2) is 5.97. The number of nitrogens with zero attached hydrogens (tertiary/aromatic N) is 3. The van der Waals surface area contributed by atoms with Gasteiger partial charge in [0.05, 0.1) is 10.7 Å². The first-order chi connectivity index (χ1) is 9.78. The van der Waals surface area contributed by atoms with Crippen LogP contribution in [0.15, 0.2) is 18.3 Å². The van der Waals surface area contributed by atoms with E-state index < -0.39 is 0 Å². The lowest BCUT2D eigenvalue weighted by atomic mass is 10.2. The van der Waals surface area contributed by atoms with E-state index in [2.05, 4.69) is 27.2 Å². The lowest BCUT2D eigenvalue weighted by Crippen LogP contribution is -2.08. The summed E-state index contributed by atoms with van der Waals surface area (Å²) in [6, 6.07) is 3.67. The molecule has 0 amide bonds. The maximum Gasteiger partial charge on any atom is 0.180 e. The topological polar surface area (TPSA) is 50.7 Å². The van der Waals surface area contributed by atoms with Gasteiger partial charge < -0.3 is 5.32 Å². The molecule has 0 atom stereocenters. The summed E-state index contributed by atoms with van der Waals surface area (Å²) in [5.74, 6) is 3.55. The molecule has 1 N–H and O–H groups in total. The number of fused-ring (bicyclic) bond motifs is 1. The fourth-order valence-electron chi connectivity index (χ4n) is 2.06. The summed E-state index contributed by atoms with van der Waals surface area (Å²) < 4.78 is 0. The van der Waals surface area contributed by atoms with Crippen LogP contribution in [0.4, 0.5) is 5.82 Å². The van der Waals surface area contributed by atoms with Gasteiger partial charge in [0.1, 0.15) is 11.5 Å². The van der Waals surface area contributed by atoms with Gasteiger partial charge in [-0.15, -0.1) is 0 Å². The molecule has 0 aromatic carbocycles. The average Bonchev–Trinajstić information content (AvgIpc) is 2.94. The normalized spacial score (nSPS) is 13.3. The Morgan fingerprint density at radius 1 is 1.30 bits per heavy atom. The number of hydrogen-bond acceptors (Lipinski definition) is 5. The van der Waals surface area contributed by atoms with Gasteiger partial charge in [0, 0.05) is 29.8 Å². The highest BCUT2D eigenvalue weighted by atomic mass is 35.5. The Labute approximate surface area is 127 Å². The summed E-state index contributed by atoms with van der Waals surface area (Å²) in [6.45, 7) is 3.06. The number of nitrogens with one attached hydrogen (secondary N) is 1. The van der Waals surface area contributed by atoms with Crippen molar-refractivity contribution in [3.63, 3.8) is 0 Å². The smallest absolute Gasteiger partial charge is 0.180 e. The zero-order valence-corrected chi connectivity index (χ0v) is 12.8. The molecule has 3 heterocycles. The number of rotatable bonds is 4. The van der Waals surface area contributed by atoms with Crippen LogP contribution in [0.3, 0.4) is 0 Å². The van der Waals surface area contributed by atoms with E-state index in [1.165, 1.54) is 5.56 Å². The molecule has 0 saturated carbocycles. The van der Waals surface area contributed by atoms with E-state index in [0.717, 1.165) is 41.7 Å². The molecule has 0 unspecified atom stereocenters. The average molecular weight is 307 g/mol. The molecule has 4 nitrogen and oxygen atoms in total. The van der Waals surface area contributed by atoms with Crippen LogP contribution >= 0.6 is 23.4 Å². The first-order valence-corrected chi connectivity index (χ1v) is 8.14. The molecule has 6 heteroatoms. The van der Waals surface area contributed by atoms with Crippen molar-refractivity contribution in [1.82, 2.24) is 15.0 Å². The molecule has 2 aromatic heterocycles. The van der Waals surface area contributed by atoms with E-state index in [4.69, 9.17) is 11.6 Å². The summed E-state index contributed by atoms with van der Waals surface area (Å²) in [5, 5.41) is 4.02. The second-order valence-electron chi connectivity index (χ2n) is 4.60. The fraction of sp³-hybridized carbons (Fsp3) is 0.357. The quantitative estimate of drug-likeness (QED) is 0.932. The molecule has 0 radical (unpaired) electrons. The van der Waals surface area contributed by atoms with E-state index in [1.807, 2.05) is 23.9 Å². The number of anilines is 1. The van der Waals surface area contributed by atoms with E-state index in [0.29, 0.717) is 10.8 Å². The largest absolute Gasteiger partial charge is 0.370 e. The molecule has 1 aliphatic rings. The highest BCUT2D eigenvalue weighted by molar-refractivity contribution is 7.98. The number of halogens is 1. The van der Waals surface area contributed by atoms with E-state index >= 15 is 0 Å². The Bertz CT molecular complexity index is 615. The van der Waals surface area contributed by atoms with Gasteiger partial charge in [-0.2, -0.15) is 11.8 Å². The zero-order valence-electron chi connectivity index (χ0n) is 11.2. The number of pyridine rings is 1. The van der Waals surface area contributed by atoms with Crippen LogP contribution in [0, 0.1) is 0 Å². The minimum absolute atomic E-state index is 0.620. The molecule has 0 fully saturated rings. The van der Waals surface area contributed by atoms with Crippen LogP contribution in [0.5, 0.6) is 0 Å². The Morgan fingerprint density at radius 3 is 2.95 bits per heavy atom. The van der Waals surface area contributed by atoms with Crippen molar-refractivity contribution in [2.24, 2.45) is 0 Å². The number of aromatic nitrogens is 3. The van der Waals surface area contributed by atoms with Gasteiger partial charge >= 0.3 is 0 Å². The van der Waals surface area contributed by atoms with Crippen LogP contribution < -0.4 is 5.32 Å². The van der Waals surface area contributed by atoms with Gasteiger partial charge in [-0.1, -0.05) is 18.5 Å². The Hall–Kier alpha value is -1.33. The minimum atomic E-state index is 0.620. The van der Waals surface area contributed by atoms with Crippen LogP contribution in [0.25, 0.3) is 11.5 Å². The van der Waals surface area contributed by atoms with Crippen molar-refractivity contribution in [1.29, 1.82) is 0 Å². The van der Waals surface area contributed by atoms with Crippen molar-refractivity contribution < 1.29 is 0 Å². The lowest BCUT2D eigenvalue weighted by Gasteiger charge is -2.11. The van der Waals surface area contributed by atoms with Crippen molar-refractivity contribution >= 4 is 29.2 Å². The van der Waals surface area contributed by atoms with Gasteiger partial charge in [-0.25, -0.2) is 9.97 Å². The second-order valence-corrected chi connectivity index (χ2v) is 6.02. The van der Waals surface area contributed by atoms with Crippen LogP contribution in [0.2, 0.25) is 5.02 Å². The van der Waals surface area contributed by atoms with Crippen LogP contribution in [-0.4, -0.2) is 21.5 Å². The molecule has 1 aliphatic heterocycles. The Balaban J connectivity index is 2.01. The van der Waals surface area contributed by atoms with Gasteiger partial charge in [-0.05, 0) is 18.6 Å². The summed E-state index contributed by atoms with van der Waals surface area (Å²) in [6.07, 6.45) is 2.70. The Morgan fingerprint density at radius 2 is 2.20 bits per heavy atom. The molecular weight excluding hydrogens is 292 g/mol. The highest BCUT2D eigenvalue weighted by Gasteiger charge is 2.20. The monoisotopic (exact) mass is 306 g/mol. The minimum Gasteiger partial charge on any atom is -0.370 e. The molecule has 20 heavy (non-hydrogen) atoms. The Kier molecular flexibility index (Phi) is 4.08. The summed E-state index contributed by atoms with van der Waals surface area (Å²) in [4.78, 5) is 13.6. The maximum atomic E-state index is 5.87. The summed E-state index contributed by atoms with van der Waals surface area (Å²) >= 11 is 7.75. The highest BCUT2D eigenvalue weighted by Crippen LogP contribution is 2.34. The summed E-state index contributed by atoms with van der Waals surface area (Å²) in [7, 11) is 0. The van der Waals surface area contributed by atoms with Crippen molar-refractivity contribution in [3.05, 3.63) is 34.6 Å². The molecule has 2 aromatic rings. The molecule has 0 spiro atoms. The third-order valence-electron chi connectivity index (χ3n) is 3.08. The van der Waals surface area contributed by atoms with Crippen molar-refractivity contribution in [3.8, 4) is 11.5 Å². The van der Waals surface area contributed by atoms with E-state index in [-0.39, 0.29) is 0 Å². The molecule has 0 aliphatic carbocycles. The first kappa shape index (κ1) is 13.6. The maximum absolute atomic E-state index is 5.87. The SMILES string of the molecule is CCCNc1nc(-c2ccc(Cl)cn2)nc2c1CSC2. The number of thioether (sulfide) groups is 1. The molecule has 104 valence electrons. The predicted molar refractivity (Wildman–Crippen MR) is 84.1 cm³/mol. The van der Waals surface area contributed by atoms with Gasteiger partial charge in [0.15, 0.2) is 5.82 Å². The molecule has 0 saturated heterocycles. The van der Waals surface area contributed by atoms with Gasteiger partial charge in [0.25, 0.3) is 0 Å². The van der Waals surface area contributed by atoms with E-state index in [1.54, 1.807) is 6.20 Å². The standard InChI is InChI=1S/C14H15ClN4S/c1-2-5-16-13-10-7-20-8-12(10)18-14(19-13)11-4-3-9(15)6-17-11/h3-4,6H,2,5,7-8H2,1H3,(H,16,18,19). The zero-order chi connectivity index (χ0) is 13.9. The van der Waals surface area contributed by atoms with Crippen molar-refractivity contribution in [2.45, 2.75) is 24.9 Å². The van der Waals surface area contributed by atoms with Crippen LogP contribution in [0.1, 0.15) is 24.6 Å².